The van der Waals surface area contributed by atoms with Crippen LogP contribution in [0, 0.1) is 0 Å². The number of hydrogen-bond donors (Lipinski definition) is 0. The van der Waals surface area contributed by atoms with Gasteiger partial charge in [-0.3, -0.25) is 4.79 Å². The standard InChI is InChI=1S/C16H22O5/c1-6-16(3,4)13-9-7-8-12(10-13)14(18)21-15(19-5)20-11(2)17/h7-10,15H,6H2,1-5H3. The minimum Gasteiger partial charge on any atom is -0.400 e. The van der Waals surface area contributed by atoms with Crippen LogP contribution < -0.4 is 0 Å². The van der Waals surface area contributed by atoms with Crippen molar-refractivity contribution in [3.8, 4) is 0 Å². The van der Waals surface area contributed by atoms with Crippen molar-refractivity contribution in [2.75, 3.05) is 7.11 Å². The van der Waals surface area contributed by atoms with Crippen LogP contribution in [-0.2, 0) is 24.4 Å². The summed E-state index contributed by atoms with van der Waals surface area (Å²) in [6, 6.07) is 7.21. The van der Waals surface area contributed by atoms with Crippen LogP contribution in [0.2, 0.25) is 0 Å². The number of methoxy groups -OCH3 is 1. The molecule has 1 unspecified atom stereocenters. The van der Waals surface area contributed by atoms with Gasteiger partial charge in [-0.15, -0.1) is 0 Å². The first-order valence-corrected chi connectivity index (χ1v) is 6.81. The molecule has 0 amide bonds. The molecule has 0 heterocycles. The largest absolute Gasteiger partial charge is 0.400 e. The number of carbonyl (C=O) groups excluding carboxylic acids is 2. The molecule has 1 atom stereocenters. The lowest BCUT2D eigenvalue weighted by atomic mass is 9.82. The topological polar surface area (TPSA) is 61.8 Å². The first-order chi connectivity index (χ1) is 9.80. The van der Waals surface area contributed by atoms with Crippen LogP contribution in [0.15, 0.2) is 24.3 Å². The van der Waals surface area contributed by atoms with E-state index in [2.05, 4.69) is 20.8 Å². The van der Waals surface area contributed by atoms with Gasteiger partial charge in [-0.05, 0) is 29.5 Å². The van der Waals surface area contributed by atoms with E-state index in [1.807, 2.05) is 6.07 Å². The van der Waals surface area contributed by atoms with E-state index < -0.39 is 18.4 Å². The van der Waals surface area contributed by atoms with Gasteiger partial charge in [0.25, 0.3) is 0 Å². The second-order valence-corrected chi connectivity index (χ2v) is 5.36. The van der Waals surface area contributed by atoms with E-state index in [1.165, 1.54) is 14.0 Å². The maximum Gasteiger partial charge on any atom is 0.365 e. The molecule has 0 saturated heterocycles. The summed E-state index contributed by atoms with van der Waals surface area (Å²) in [5, 5.41) is 0. The Kier molecular flexibility index (Phi) is 5.90. The number of rotatable bonds is 6. The highest BCUT2D eigenvalue weighted by Crippen LogP contribution is 2.27. The third kappa shape index (κ3) is 4.86. The molecule has 5 nitrogen and oxygen atoms in total. The van der Waals surface area contributed by atoms with Gasteiger partial charge in [0.15, 0.2) is 0 Å². The summed E-state index contributed by atoms with van der Waals surface area (Å²) in [7, 11) is 1.29. The molecule has 0 aliphatic heterocycles. The second-order valence-electron chi connectivity index (χ2n) is 5.36. The maximum atomic E-state index is 12.1. The smallest absolute Gasteiger partial charge is 0.365 e. The van der Waals surface area contributed by atoms with E-state index in [0.717, 1.165) is 12.0 Å². The van der Waals surface area contributed by atoms with Gasteiger partial charge in [0.05, 0.1) is 5.56 Å². The molecule has 0 N–H and O–H groups in total. The lowest BCUT2D eigenvalue weighted by Crippen LogP contribution is -2.25. The Labute approximate surface area is 125 Å². The molecule has 0 aromatic heterocycles. The van der Waals surface area contributed by atoms with Gasteiger partial charge < -0.3 is 14.2 Å². The van der Waals surface area contributed by atoms with Crippen molar-refractivity contribution in [2.24, 2.45) is 0 Å². The molecule has 21 heavy (non-hydrogen) atoms. The van der Waals surface area contributed by atoms with E-state index in [9.17, 15) is 9.59 Å². The average Bonchev–Trinajstić information content (AvgIpc) is 2.46. The van der Waals surface area contributed by atoms with Crippen molar-refractivity contribution in [2.45, 2.75) is 46.0 Å². The summed E-state index contributed by atoms with van der Waals surface area (Å²) in [6.45, 7) is 6.18. The molecular formula is C16H22O5. The molecule has 1 rings (SSSR count). The molecule has 0 saturated carbocycles. The molecule has 0 aliphatic carbocycles. The van der Waals surface area contributed by atoms with Gasteiger partial charge >= 0.3 is 18.4 Å². The summed E-state index contributed by atoms with van der Waals surface area (Å²) in [4.78, 5) is 22.9. The van der Waals surface area contributed by atoms with E-state index in [1.54, 1.807) is 18.2 Å². The summed E-state index contributed by atoms with van der Waals surface area (Å²) in [5.74, 6) is -1.19. The van der Waals surface area contributed by atoms with Crippen LogP contribution in [0.1, 0.15) is 50.0 Å². The Hall–Kier alpha value is -1.88. The summed E-state index contributed by atoms with van der Waals surface area (Å²) >= 11 is 0. The van der Waals surface area contributed by atoms with Crippen molar-refractivity contribution < 1.29 is 23.8 Å². The van der Waals surface area contributed by atoms with E-state index in [-0.39, 0.29) is 5.41 Å². The molecule has 1 aromatic rings. The Morgan fingerprint density at radius 3 is 2.43 bits per heavy atom. The highest BCUT2D eigenvalue weighted by molar-refractivity contribution is 5.89. The molecule has 0 aliphatic rings. The minimum absolute atomic E-state index is 0.0349. The molecular weight excluding hydrogens is 272 g/mol. The zero-order valence-corrected chi connectivity index (χ0v) is 13.1. The summed E-state index contributed by atoms with van der Waals surface area (Å²) in [6.07, 6.45) is 0.944. The number of hydrogen-bond acceptors (Lipinski definition) is 5. The van der Waals surface area contributed by atoms with Crippen LogP contribution in [0.4, 0.5) is 0 Å². The first-order valence-electron chi connectivity index (χ1n) is 6.81. The predicted octanol–water partition coefficient (Wildman–Crippen LogP) is 3.02. The van der Waals surface area contributed by atoms with Crippen molar-refractivity contribution in [3.63, 3.8) is 0 Å². The Morgan fingerprint density at radius 2 is 1.90 bits per heavy atom. The van der Waals surface area contributed by atoms with E-state index >= 15 is 0 Å². The van der Waals surface area contributed by atoms with Crippen LogP contribution in [-0.4, -0.2) is 25.5 Å². The van der Waals surface area contributed by atoms with Crippen LogP contribution >= 0.6 is 0 Å². The summed E-state index contributed by atoms with van der Waals surface area (Å²) < 4.78 is 14.5. The zero-order chi connectivity index (χ0) is 16.0. The number of carbonyl (C=O) groups is 2. The fraction of sp³-hybridized carbons (Fsp3) is 0.500. The van der Waals surface area contributed by atoms with Gasteiger partial charge in [-0.1, -0.05) is 32.9 Å². The van der Waals surface area contributed by atoms with Gasteiger partial charge in [-0.2, -0.15) is 0 Å². The minimum atomic E-state index is -1.34. The molecule has 1 aromatic carbocycles. The van der Waals surface area contributed by atoms with Gasteiger partial charge in [0.2, 0.25) is 0 Å². The predicted molar refractivity (Wildman–Crippen MR) is 77.7 cm³/mol. The highest BCUT2D eigenvalue weighted by Gasteiger charge is 2.22. The Balaban J connectivity index is 2.88. The fourth-order valence-corrected chi connectivity index (χ4v) is 1.68. The van der Waals surface area contributed by atoms with Crippen molar-refractivity contribution in [1.82, 2.24) is 0 Å². The number of benzene rings is 1. The lowest BCUT2D eigenvalue weighted by molar-refractivity contribution is -0.240. The normalized spacial score (nSPS) is 12.6. The van der Waals surface area contributed by atoms with Gasteiger partial charge in [-0.25, -0.2) is 4.79 Å². The summed E-state index contributed by atoms with van der Waals surface area (Å²) in [5.41, 5.74) is 1.40. The van der Waals surface area contributed by atoms with Crippen molar-refractivity contribution in [1.29, 1.82) is 0 Å². The van der Waals surface area contributed by atoms with E-state index in [0.29, 0.717) is 5.56 Å². The monoisotopic (exact) mass is 294 g/mol. The third-order valence-electron chi connectivity index (χ3n) is 3.42. The quantitative estimate of drug-likeness (QED) is 0.596. The average molecular weight is 294 g/mol. The molecule has 5 heteroatoms. The Bertz CT molecular complexity index is 507. The third-order valence-corrected chi connectivity index (χ3v) is 3.42. The number of ether oxygens (including phenoxy) is 3. The fourth-order valence-electron chi connectivity index (χ4n) is 1.68. The van der Waals surface area contributed by atoms with Crippen molar-refractivity contribution >= 4 is 11.9 Å². The van der Waals surface area contributed by atoms with Crippen LogP contribution in [0.25, 0.3) is 0 Å². The van der Waals surface area contributed by atoms with Crippen LogP contribution in [0.5, 0.6) is 0 Å². The molecule has 0 radical (unpaired) electrons. The van der Waals surface area contributed by atoms with Crippen LogP contribution in [0.3, 0.4) is 0 Å². The van der Waals surface area contributed by atoms with E-state index in [4.69, 9.17) is 14.2 Å². The van der Waals surface area contributed by atoms with Gasteiger partial charge in [0.1, 0.15) is 0 Å². The molecule has 0 spiro atoms. The second kappa shape index (κ2) is 7.22. The molecule has 0 fully saturated rings. The first kappa shape index (κ1) is 17.2. The van der Waals surface area contributed by atoms with Gasteiger partial charge in [0, 0.05) is 14.0 Å². The Morgan fingerprint density at radius 1 is 1.24 bits per heavy atom. The SMILES string of the molecule is CCC(C)(C)c1cccc(C(=O)OC(OC)OC(C)=O)c1. The highest BCUT2D eigenvalue weighted by atomic mass is 16.9. The molecule has 116 valence electrons. The number of esters is 2. The zero-order valence-electron chi connectivity index (χ0n) is 13.1. The lowest BCUT2D eigenvalue weighted by Gasteiger charge is -2.23. The van der Waals surface area contributed by atoms with Crippen molar-refractivity contribution in [3.05, 3.63) is 35.4 Å². The molecule has 0 bridgehead atoms. The maximum absolute atomic E-state index is 12.1.